The van der Waals surface area contributed by atoms with Crippen LogP contribution in [0.25, 0.3) is 0 Å². The molecule has 110 valence electrons. The fourth-order valence-electron chi connectivity index (χ4n) is 2.08. The van der Waals surface area contributed by atoms with Gasteiger partial charge in [-0.25, -0.2) is 0 Å². The fourth-order valence-corrected chi connectivity index (χ4v) is 2.08. The van der Waals surface area contributed by atoms with E-state index in [1.807, 2.05) is 0 Å². The molecule has 0 spiro atoms. The maximum absolute atomic E-state index is 12.3. The van der Waals surface area contributed by atoms with E-state index in [2.05, 4.69) is 15.4 Å². The molecule has 0 bridgehead atoms. The molecule has 1 aromatic rings. The SMILES string of the molecule is O=C(Nc1ccccc1OC(F)(F)F)[C@@H]1CCCCN1. The van der Waals surface area contributed by atoms with Crippen molar-refractivity contribution in [2.24, 2.45) is 0 Å². The van der Waals surface area contributed by atoms with Gasteiger partial charge >= 0.3 is 6.36 Å². The average Bonchev–Trinajstić information content (AvgIpc) is 2.40. The van der Waals surface area contributed by atoms with Crippen molar-refractivity contribution in [2.45, 2.75) is 31.7 Å². The highest BCUT2D eigenvalue weighted by molar-refractivity contribution is 5.96. The molecule has 1 atom stereocenters. The van der Waals surface area contributed by atoms with Gasteiger partial charge in [-0.15, -0.1) is 13.2 Å². The number of carbonyl (C=O) groups excluding carboxylic acids is 1. The largest absolute Gasteiger partial charge is 0.573 e. The first-order valence-electron chi connectivity index (χ1n) is 6.35. The van der Waals surface area contributed by atoms with E-state index in [4.69, 9.17) is 0 Å². The molecule has 4 nitrogen and oxygen atoms in total. The van der Waals surface area contributed by atoms with E-state index < -0.39 is 12.1 Å². The van der Waals surface area contributed by atoms with E-state index in [-0.39, 0.29) is 17.6 Å². The van der Waals surface area contributed by atoms with Gasteiger partial charge in [-0.1, -0.05) is 18.6 Å². The van der Waals surface area contributed by atoms with Crippen LogP contribution in [0.5, 0.6) is 5.75 Å². The third-order valence-electron chi connectivity index (χ3n) is 3.00. The van der Waals surface area contributed by atoms with Crippen LogP contribution >= 0.6 is 0 Å². The highest BCUT2D eigenvalue weighted by atomic mass is 19.4. The van der Waals surface area contributed by atoms with E-state index in [9.17, 15) is 18.0 Å². The molecular weight excluding hydrogens is 273 g/mol. The van der Waals surface area contributed by atoms with Gasteiger partial charge in [-0.3, -0.25) is 4.79 Å². The standard InChI is InChI=1S/C13H15F3N2O2/c14-13(15,16)20-11-7-2-1-5-9(11)18-12(19)10-6-3-4-8-17-10/h1-2,5,7,10,17H,3-4,6,8H2,(H,18,19)/t10-/m0/s1. The van der Waals surface area contributed by atoms with Gasteiger partial charge in [-0.2, -0.15) is 0 Å². The van der Waals surface area contributed by atoms with Crippen molar-refractivity contribution in [2.75, 3.05) is 11.9 Å². The summed E-state index contributed by atoms with van der Waals surface area (Å²) < 4.78 is 40.7. The van der Waals surface area contributed by atoms with Gasteiger partial charge in [0.05, 0.1) is 11.7 Å². The van der Waals surface area contributed by atoms with Gasteiger partial charge in [0.25, 0.3) is 0 Å². The molecule has 0 aliphatic carbocycles. The molecule has 1 aromatic carbocycles. The lowest BCUT2D eigenvalue weighted by Crippen LogP contribution is -2.43. The molecule has 1 aliphatic rings. The monoisotopic (exact) mass is 288 g/mol. The predicted octanol–water partition coefficient (Wildman–Crippen LogP) is 2.67. The summed E-state index contributed by atoms with van der Waals surface area (Å²) >= 11 is 0. The number of carbonyl (C=O) groups is 1. The number of piperidine rings is 1. The lowest BCUT2D eigenvalue weighted by atomic mass is 10.0. The number of anilines is 1. The van der Waals surface area contributed by atoms with Crippen molar-refractivity contribution < 1.29 is 22.7 Å². The molecule has 7 heteroatoms. The quantitative estimate of drug-likeness (QED) is 0.899. The maximum atomic E-state index is 12.3. The number of ether oxygens (including phenoxy) is 1. The van der Waals surface area contributed by atoms with Gasteiger partial charge < -0.3 is 15.4 Å². The minimum Gasteiger partial charge on any atom is -0.404 e. The summed E-state index contributed by atoms with van der Waals surface area (Å²) in [7, 11) is 0. The third-order valence-corrected chi connectivity index (χ3v) is 3.00. The van der Waals surface area contributed by atoms with Gasteiger partial charge in [0.2, 0.25) is 5.91 Å². The van der Waals surface area contributed by atoms with E-state index in [0.717, 1.165) is 25.5 Å². The second-order valence-corrected chi connectivity index (χ2v) is 4.54. The number of amides is 1. The summed E-state index contributed by atoms with van der Waals surface area (Å²) in [5.41, 5.74) is 0.0159. The van der Waals surface area contributed by atoms with Crippen molar-refractivity contribution in [1.82, 2.24) is 5.32 Å². The molecule has 0 unspecified atom stereocenters. The van der Waals surface area contributed by atoms with Crippen LogP contribution in [0.2, 0.25) is 0 Å². The predicted molar refractivity (Wildman–Crippen MR) is 67.4 cm³/mol. The van der Waals surface area contributed by atoms with Crippen LogP contribution in [-0.4, -0.2) is 24.9 Å². The topological polar surface area (TPSA) is 50.4 Å². The number of alkyl halides is 3. The maximum Gasteiger partial charge on any atom is 0.573 e. The number of halogens is 3. The number of benzene rings is 1. The summed E-state index contributed by atoms with van der Waals surface area (Å²) in [6.45, 7) is 0.735. The molecule has 0 radical (unpaired) electrons. The Hall–Kier alpha value is -1.76. The second-order valence-electron chi connectivity index (χ2n) is 4.54. The van der Waals surface area contributed by atoms with Gasteiger partial charge in [0.15, 0.2) is 5.75 Å². The van der Waals surface area contributed by atoms with Crippen molar-refractivity contribution >= 4 is 11.6 Å². The molecule has 1 amide bonds. The Kier molecular flexibility index (Phi) is 4.49. The third kappa shape index (κ3) is 4.12. The first-order valence-corrected chi connectivity index (χ1v) is 6.35. The molecule has 0 aromatic heterocycles. The zero-order chi connectivity index (χ0) is 14.6. The minimum atomic E-state index is -4.79. The fraction of sp³-hybridized carbons (Fsp3) is 0.462. The summed E-state index contributed by atoms with van der Waals surface area (Å²) in [6, 6.07) is 5.12. The van der Waals surface area contributed by atoms with E-state index in [1.54, 1.807) is 0 Å². The number of hydrogen-bond acceptors (Lipinski definition) is 3. The smallest absolute Gasteiger partial charge is 0.404 e. The average molecular weight is 288 g/mol. The first kappa shape index (κ1) is 14.6. The normalized spacial score (nSPS) is 19.4. The molecule has 2 rings (SSSR count). The van der Waals surface area contributed by atoms with Crippen LogP contribution in [-0.2, 0) is 4.79 Å². The Morgan fingerprint density at radius 2 is 2.05 bits per heavy atom. The van der Waals surface area contributed by atoms with Gasteiger partial charge in [-0.05, 0) is 31.5 Å². The molecule has 2 N–H and O–H groups in total. The molecule has 0 saturated carbocycles. The number of para-hydroxylation sites is 2. The Labute approximate surface area is 114 Å². The highest BCUT2D eigenvalue weighted by Gasteiger charge is 2.32. The van der Waals surface area contributed by atoms with Crippen LogP contribution < -0.4 is 15.4 Å². The van der Waals surface area contributed by atoms with Crippen LogP contribution in [0, 0.1) is 0 Å². The molecule has 1 saturated heterocycles. The van der Waals surface area contributed by atoms with Crippen LogP contribution in [0.15, 0.2) is 24.3 Å². The van der Waals surface area contributed by atoms with Crippen molar-refractivity contribution in [1.29, 1.82) is 0 Å². The van der Waals surface area contributed by atoms with E-state index in [1.165, 1.54) is 18.2 Å². The van der Waals surface area contributed by atoms with Gasteiger partial charge in [0, 0.05) is 0 Å². The Bertz CT molecular complexity index is 471. The number of rotatable bonds is 3. The second kappa shape index (κ2) is 6.13. The number of nitrogens with one attached hydrogen (secondary N) is 2. The Balaban J connectivity index is 2.06. The van der Waals surface area contributed by atoms with E-state index in [0.29, 0.717) is 6.42 Å². The lowest BCUT2D eigenvalue weighted by molar-refractivity contribution is -0.274. The molecule has 20 heavy (non-hydrogen) atoms. The molecule has 1 fully saturated rings. The Morgan fingerprint density at radius 3 is 2.70 bits per heavy atom. The summed E-state index contributed by atoms with van der Waals surface area (Å²) in [4.78, 5) is 12.0. The molecule has 1 heterocycles. The van der Waals surface area contributed by atoms with Crippen LogP contribution in [0.4, 0.5) is 18.9 Å². The summed E-state index contributed by atoms with van der Waals surface area (Å²) in [6.07, 6.45) is -2.19. The molecule has 1 aliphatic heterocycles. The zero-order valence-corrected chi connectivity index (χ0v) is 10.7. The lowest BCUT2D eigenvalue weighted by Gasteiger charge is -2.23. The summed E-state index contributed by atoms with van der Waals surface area (Å²) in [5.74, 6) is -0.757. The highest BCUT2D eigenvalue weighted by Crippen LogP contribution is 2.30. The van der Waals surface area contributed by atoms with E-state index >= 15 is 0 Å². The van der Waals surface area contributed by atoms with Crippen molar-refractivity contribution in [3.05, 3.63) is 24.3 Å². The number of hydrogen-bond donors (Lipinski definition) is 2. The Morgan fingerprint density at radius 1 is 1.30 bits per heavy atom. The summed E-state index contributed by atoms with van der Waals surface area (Å²) in [5, 5.41) is 5.51. The van der Waals surface area contributed by atoms with Crippen molar-refractivity contribution in [3.63, 3.8) is 0 Å². The minimum absolute atomic E-state index is 0.0159. The molecular formula is C13H15F3N2O2. The van der Waals surface area contributed by atoms with Crippen LogP contribution in [0.1, 0.15) is 19.3 Å². The van der Waals surface area contributed by atoms with Crippen LogP contribution in [0.3, 0.4) is 0 Å². The van der Waals surface area contributed by atoms with Crippen molar-refractivity contribution in [3.8, 4) is 5.75 Å². The zero-order valence-electron chi connectivity index (χ0n) is 10.7. The first-order chi connectivity index (χ1) is 9.46. The van der Waals surface area contributed by atoms with Gasteiger partial charge in [0.1, 0.15) is 0 Å².